The fourth-order valence-corrected chi connectivity index (χ4v) is 4.78. The average Bonchev–Trinajstić information content (AvgIpc) is 2.79. The van der Waals surface area contributed by atoms with Crippen LogP contribution < -0.4 is 4.74 Å². The molecule has 0 amide bonds. The maximum Gasteiger partial charge on any atom is 0.119 e. The molecule has 0 unspecified atom stereocenters. The lowest BCUT2D eigenvalue weighted by molar-refractivity contribution is 0.302. The fourth-order valence-electron chi connectivity index (χ4n) is 4.78. The van der Waals surface area contributed by atoms with Crippen LogP contribution in [0.25, 0.3) is 11.1 Å². The van der Waals surface area contributed by atoms with E-state index in [0.29, 0.717) is 23.7 Å². The molecule has 0 N–H and O–H groups in total. The summed E-state index contributed by atoms with van der Waals surface area (Å²) in [6, 6.07) is 16.6. The lowest BCUT2D eigenvalue weighted by atomic mass is 9.75. The second-order valence-electron chi connectivity index (χ2n) is 8.35. The molecule has 2 aromatic rings. The molecular weight excluding hydrogens is 368 g/mol. The van der Waals surface area contributed by atoms with E-state index in [4.69, 9.17) is 4.74 Å². The molecule has 1 aliphatic carbocycles. The maximum atomic E-state index is 9.92. The molecule has 156 valence electrons. The van der Waals surface area contributed by atoms with E-state index in [2.05, 4.69) is 25.1 Å². The zero-order chi connectivity index (χ0) is 21.3. The summed E-state index contributed by atoms with van der Waals surface area (Å²) in [5.41, 5.74) is 3.91. The van der Waals surface area contributed by atoms with Crippen LogP contribution in [0.15, 0.2) is 36.4 Å². The standard InChI is InChI=1S/C27H32N2O/c1-3-5-6-7-20-8-10-21(11-9-20)24-16-17-25(27(19-29)26(24)18-28)22-12-14-23(15-13-22)30-4-2/h12-17,20-21H,3-11H2,1-2H3. The third-order valence-corrected chi connectivity index (χ3v) is 6.44. The smallest absolute Gasteiger partial charge is 0.119 e. The minimum atomic E-state index is 0.392. The highest BCUT2D eigenvalue weighted by molar-refractivity contribution is 5.75. The Morgan fingerprint density at radius 2 is 1.57 bits per heavy atom. The van der Waals surface area contributed by atoms with E-state index in [0.717, 1.165) is 41.2 Å². The minimum absolute atomic E-state index is 0.392. The Morgan fingerprint density at radius 3 is 2.17 bits per heavy atom. The van der Waals surface area contributed by atoms with E-state index >= 15 is 0 Å². The number of nitriles is 2. The Morgan fingerprint density at radius 1 is 0.867 bits per heavy atom. The van der Waals surface area contributed by atoms with E-state index in [9.17, 15) is 10.5 Å². The zero-order valence-electron chi connectivity index (χ0n) is 18.3. The molecule has 0 spiro atoms. The van der Waals surface area contributed by atoms with Gasteiger partial charge in [0.15, 0.2) is 0 Å². The Balaban J connectivity index is 1.81. The molecular formula is C27H32N2O. The van der Waals surface area contributed by atoms with Crippen molar-refractivity contribution in [1.82, 2.24) is 0 Å². The lowest BCUT2D eigenvalue weighted by Gasteiger charge is -2.29. The van der Waals surface area contributed by atoms with Gasteiger partial charge in [-0.2, -0.15) is 10.5 Å². The molecule has 30 heavy (non-hydrogen) atoms. The van der Waals surface area contributed by atoms with Gasteiger partial charge in [0, 0.05) is 5.56 Å². The predicted molar refractivity (Wildman–Crippen MR) is 121 cm³/mol. The zero-order valence-corrected chi connectivity index (χ0v) is 18.3. The van der Waals surface area contributed by atoms with Gasteiger partial charge >= 0.3 is 0 Å². The van der Waals surface area contributed by atoms with Gasteiger partial charge in [0.25, 0.3) is 0 Å². The SMILES string of the molecule is CCCCCC1CCC(c2ccc(-c3ccc(OCC)cc3)c(C#N)c2C#N)CC1. The van der Waals surface area contributed by atoms with Crippen LogP contribution >= 0.6 is 0 Å². The largest absolute Gasteiger partial charge is 0.494 e. The summed E-state index contributed by atoms with van der Waals surface area (Å²) in [4.78, 5) is 0. The number of rotatable bonds is 8. The maximum absolute atomic E-state index is 9.92. The van der Waals surface area contributed by atoms with Gasteiger partial charge in [0.1, 0.15) is 17.9 Å². The number of hydrogen-bond donors (Lipinski definition) is 0. The molecule has 3 nitrogen and oxygen atoms in total. The monoisotopic (exact) mass is 400 g/mol. The molecule has 0 aliphatic heterocycles. The van der Waals surface area contributed by atoms with Gasteiger partial charge < -0.3 is 4.74 Å². The summed E-state index contributed by atoms with van der Waals surface area (Å²) >= 11 is 0. The van der Waals surface area contributed by atoms with Crippen LogP contribution in [-0.2, 0) is 0 Å². The van der Waals surface area contributed by atoms with Gasteiger partial charge in [0.2, 0.25) is 0 Å². The van der Waals surface area contributed by atoms with Crippen molar-refractivity contribution in [2.24, 2.45) is 5.92 Å². The third kappa shape index (κ3) is 5.03. The first-order chi connectivity index (χ1) is 14.7. The van der Waals surface area contributed by atoms with E-state index in [1.165, 1.54) is 38.5 Å². The van der Waals surface area contributed by atoms with Gasteiger partial charge in [0.05, 0.1) is 17.7 Å². The normalized spacial score (nSPS) is 18.4. The second kappa shape index (κ2) is 10.8. The van der Waals surface area contributed by atoms with Gasteiger partial charge in [-0.3, -0.25) is 0 Å². The first kappa shape index (κ1) is 21.9. The highest BCUT2D eigenvalue weighted by atomic mass is 16.5. The molecule has 0 bridgehead atoms. The Kier molecular flexibility index (Phi) is 7.92. The van der Waals surface area contributed by atoms with Crippen LogP contribution in [-0.4, -0.2) is 6.61 Å². The molecule has 0 atom stereocenters. The first-order valence-electron chi connectivity index (χ1n) is 11.4. The van der Waals surface area contributed by atoms with Crippen molar-refractivity contribution in [2.45, 2.75) is 71.1 Å². The Bertz CT molecular complexity index is 910. The van der Waals surface area contributed by atoms with E-state index < -0.39 is 0 Å². The number of nitrogens with zero attached hydrogens (tertiary/aromatic N) is 2. The van der Waals surface area contributed by atoms with Crippen molar-refractivity contribution < 1.29 is 4.74 Å². The van der Waals surface area contributed by atoms with Crippen LogP contribution in [0.1, 0.15) is 87.8 Å². The van der Waals surface area contributed by atoms with Crippen molar-refractivity contribution in [1.29, 1.82) is 10.5 Å². The van der Waals surface area contributed by atoms with E-state index in [1.54, 1.807) is 0 Å². The van der Waals surface area contributed by atoms with Gasteiger partial charge in [-0.05, 0) is 67.7 Å². The third-order valence-electron chi connectivity index (χ3n) is 6.44. The van der Waals surface area contributed by atoms with Crippen LogP contribution in [0.2, 0.25) is 0 Å². The molecule has 0 heterocycles. The van der Waals surface area contributed by atoms with Gasteiger partial charge in [-0.25, -0.2) is 0 Å². The van der Waals surface area contributed by atoms with Crippen LogP contribution in [0.3, 0.4) is 0 Å². The molecule has 1 saturated carbocycles. The molecule has 0 aromatic heterocycles. The van der Waals surface area contributed by atoms with Crippen molar-refractivity contribution in [3.8, 4) is 29.0 Å². The molecule has 1 aliphatic rings. The fraction of sp³-hybridized carbons (Fsp3) is 0.481. The summed E-state index contributed by atoms with van der Waals surface area (Å²) in [5.74, 6) is 2.04. The van der Waals surface area contributed by atoms with Crippen molar-refractivity contribution in [2.75, 3.05) is 6.61 Å². The van der Waals surface area contributed by atoms with Gasteiger partial charge in [-0.15, -0.1) is 0 Å². The molecule has 3 heteroatoms. The number of unbranched alkanes of at least 4 members (excludes halogenated alkanes) is 2. The number of hydrogen-bond acceptors (Lipinski definition) is 3. The predicted octanol–water partition coefficient (Wildman–Crippen LogP) is 7.35. The summed E-state index contributed by atoms with van der Waals surface area (Å²) in [7, 11) is 0. The molecule has 2 aromatic carbocycles. The number of benzene rings is 2. The van der Waals surface area contributed by atoms with Crippen molar-refractivity contribution in [3.63, 3.8) is 0 Å². The molecule has 1 fully saturated rings. The molecule has 0 radical (unpaired) electrons. The van der Waals surface area contributed by atoms with Crippen LogP contribution in [0.4, 0.5) is 0 Å². The minimum Gasteiger partial charge on any atom is -0.494 e. The van der Waals surface area contributed by atoms with Gasteiger partial charge in [-0.1, -0.05) is 56.9 Å². The molecule has 0 saturated heterocycles. The van der Waals surface area contributed by atoms with Crippen LogP contribution in [0.5, 0.6) is 5.75 Å². The number of ether oxygens (including phenoxy) is 1. The average molecular weight is 401 g/mol. The summed E-state index contributed by atoms with van der Waals surface area (Å²) in [6.45, 7) is 4.83. The van der Waals surface area contributed by atoms with Crippen molar-refractivity contribution in [3.05, 3.63) is 53.1 Å². The highest BCUT2D eigenvalue weighted by Crippen LogP contribution is 2.41. The van der Waals surface area contributed by atoms with E-state index in [1.807, 2.05) is 37.3 Å². The Labute approximate surface area is 181 Å². The topological polar surface area (TPSA) is 56.8 Å². The quantitative estimate of drug-likeness (QED) is 0.435. The van der Waals surface area contributed by atoms with E-state index in [-0.39, 0.29) is 0 Å². The summed E-state index contributed by atoms with van der Waals surface area (Å²) in [6.07, 6.45) is 10.0. The summed E-state index contributed by atoms with van der Waals surface area (Å²) < 4.78 is 5.52. The summed E-state index contributed by atoms with van der Waals surface area (Å²) in [5, 5.41) is 19.8. The highest BCUT2D eigenvalue weighted by Gasteiger charge is 2.26. The molecule has 3 rings (SSSR count). The first-order valence-corrected chi connectivity index (χ1v) is 11.4. The second-order valence-corrected chi connectivity index (χ2v) is 8.35. The lowest BCUT2D eigenvalue weighted by Crippen LogP contribution is -2.15. The van der Waals surface area contributed by atoms with Crippen LogP contribution in [0, 0.1) is 28.6 Å². The Hall–Kier alpha value is -2.78. The van der Waals surface area contributed by atoms with Crippen molar-refractivity contribution >= 4 is 0 Å².